The molecular formula is C65H53N. The molecule has 1 fully saturated rings. The van der Waals surface area contributed by atoms with Crippen LogP contribution in [0.2, 0.25) is 0 Å². The van der Waals surface area contributed by atoms with Gasteiger partial charge < -0.3 is 4.90 Å². The van der Waals surface area contributed by atoms with Crippen LogP contribution < -0.4 is 4.90 Å². The molecule has 0 spiro atoms. The van der Waals surface area contributed by atoms with Gasteiger partial charge in [0.1, 0.15) is 0 Å². The molecule has 0 unspecified atom stereocenters. The van der Waals surface area contributed by atoms with Gasteiger partial charge >= 0.3 is 0 Å². The van der Waals surface area contributed by atoms with E-state index >= 15 is 0 Å². The van der Waals surface area contributed by atoms with E-state index in [1.54, 1.807) is 0 Å². The summed E-state index contributed by atoms with van der Waals surface area (Å²) >= 11 is 0. The highest BCUT2D eigenvalue weighted by Gasteiger charge is 2.35. The fourth-order valence-electron chi connectivity index (χ4n) is 11.6. The molecule has 0 saturated heterocycles. The van der Waals surface area contributed by atoms with Gasteiger partial charge in [-0.25, -0.2) is 0 Å². The van der Waals surface area contributed by atoms with Gasteiger partial charge in [-0.05, 0) is 132 Å². The quantitative estimate of drug-likeness (QED) is 0.147. The number of fused-ring (bicyclic) bond motifs is 5. The van der Waals surface area contributed by atoms with E-state index < -0.39 is 0 Å². The first kappa shape index (κ1) is 40.1. The molecule has 1 saturated carbocycles. The lowest BCUT2D eigenvalue weighted by atomic mass is 9.80. The van der Waals surface area contributed by atoms with Crippen LogP contribution in [0.25, 0.3) is 77.2 Å². The Morgan fingerprint density at radius 1 is 0.379 bits per heavy atom. The van der Waals surface area contributed by atoms with Crippen LogP contribution in [0.4, 0.5) is 17.1 Å². The van der Waals surface area contributed by atoms with Gasteiger partial charge in [-0.1, -0.05) is 221 Å². The highest BCUT2D eigenvalue weighted by Crippen LogP contribution is 2.52. The zero-order valence-electron chi connectivity index (χ0n) is 37.8. The first-order valence-electron chi connectivity index (χ1n) is 23.9. The van der Waals surface area contributed by atoms with Crippen molar-refractivity contribution in [2.24, 2.45) is 0 Å². The number of rotatable bonds is 8. The van der Waals surface area contributed by atoms with Crippen LogP contribution in [-0.2, 0) is 5.41 Å². The molecule has 0 aromatic heterocycles. The third-order valence-electron chi connectivity index (χ3n) is 14.9. The molecule has 318 valence electrons. The third-order valence-corrected chi connectivity index (χ3v) is 14.9. The first-order chi connectivity index (χ1) is 32.5. The fourth-order valence-corrected chi connectivity index (χ4v) is 11.6. The van der Waals surface area contributed by atoms with Crippen molar-refractivity contribution in [2.75, 3.05) is 4.90 Å². The summed E-state index contributed by atoms with van der Waals surface area (Å²) in [5, 5.41) is 5.25. The molecule has 10 aromatic carbocycles. The number of benzene rings is 10. The predicted molar refractivity (Wildman–Crippen MR) is 281 cm³/mol. The smallest absolute Gasteiger partial charge is 0.0540 e. The summed E-state index contributed by atoms with van der Waals surface area (Å²) in [4.78, 5) is 2.52. The van der Waals surface area contributed by atoms with Gasteiger partial charge in [0, 0.05) is 22.2 Å². The van der Waals surface area contributed by atoms with Crippen LogP contribution in [0.3, 0.4) is 0 Å². The fraction of sp³-hybridized carbons (Fsp3) is 0.138. The Labute approximate surface area is 389 Å². The maximum absolute atomic E-state index is 2.52. The van der Waals surface area contributed by atoms with E-state index in [-0.39, 0.29) is 5.41 Å². The van der Waals surface area contributed by atoms with Crippen LogP contribution >= 0.6 is 0 Å². The van der Waals surface area contributed by atoms with Crippen molar-refractivity contribution in [2.45, 2.75) is 57.3 Å². The summed E-state index contributed by atoms with van der Waals surface area (Å²) < 4.78 is 0. The number of para-hydroxylation sites is 2. The maximum atomic E-state index is 2.52. The number of hydrogen-bond donors (Lipinski definition) is 0. The van der Waals surface area contributed by atoms with Crippen LogP contribution in [0.1, 0.15) is 68.6 Å². The largest absolute Gasteiger partial charge is 0.309 e. The molecular weight excluding hydrogens is 795 g/mol. The standard InChI is InChI=1S/C65H53N/c1-65(2)60-30-11-8-25-56(60)57-42-39-50(43-61(57)65)54-24-9-12-31-62(54)66(51-40-37-45(38-41-51)44-33-35-48(36-34-44)53-27-14-20-46-19-6-7-23-52(46)53)63-32-13-10-26-58(63)59-29-16-22-49-21-15-28-55(64(49)59)47-17-4-3-5-18-47/h6-16,19-43,47H,3-5,17-18H2,1-2H3. The molecule has 10 aromatic rings. The van der Waals surface area contributed by atoms with Gasteiger partial charge in [-0.3, -0.25) is 0 Å². The van der Waals surface area contributed by atoms with Crippen molar-refractivity contribution in [1.29, 1.82) is 0 Å². The number of hydrogen-bond acceptors (Lipinski definition) is 1. The Hall–Kier alpha value is -7.48. The summed E-state index contributed by atoms with van der Waals surface area (Å²) in [7, 11) is 0. The molecule has 1 nitrogen and oxygen atoms in total. The molecule has 2 aliphatic carbocycles. The van der Waals surface area contributed by atoms with E-state index in [9.17, 15) is 0 Å². The van der Waals surface area contributed by atoms with Crippen molar-refractivity contribution >= 4 is 38.6 Å². The van der Waals surface area contributed by atoms with E-state index in [2.05, 4.69) is 237 Å². The molecule has 66 heavy (non-hydrogen) atoms. The highest BCUT2D eigenvalue weighted by atomic mass is 15.1. The Bertz CT molecular complexity index is 3410. The topological polar surface area (TPSA) is 3.24 Å². The minimum atomic E-state index is -0.101. The van der Waals surface area contributed by atoms with Crippen LogP contribution in [0.5, 0.6) is 0 Å². The molecule has 1 heteroatoms. The molecule has 0 radical (unpaired) electrons. The van der Waals surface area contributed by atoms with Crippen LogP contribution in [0.15, 0.2) is 218 Å². The van der Waals surface area contributed by atoms with E-state index in [0.29, 0.717) is 5.92 Å². The first-order valence-corrected chi connectivity index (χ1v) is 23.9. The summed E-state index contributed by atoms with van der Waals surface area (Å²) in [5.41, 5.74) is 20.1. The molecule has 2 aliphatic rings. The maximum Gasteiger partial charge on any atom is 0.0540 e. The van der Waals surface area contributed by atoms with Gasteiger partial charge in [0.15, 0.2) is 0 Å². The molecule has 0 amide bonds. The summed E-state index contributed by atoms with van der Waals surface area (Å²) in [5.74, 6) is 0.580. The zero-order valence-corrected chi connectivity index (χ0v) is 37.8. The summed E-state index contributed by atoms with van der Waals surface area (Å²) in [6, 6.07) is 81.7. The van der Waals surface area contributed by atoms with Gasteiger partial charge in [0.25, 0.3) is 0 Å². The molecule has 0 N–H and O–H groups in total. The molecule has 12 rings (SSSR count). The van der Waals surface area contributed by atoms with Gasteiger partial charge in [0.2, 0.25) is 0 Å². The Kier molecular flexibility index (Phi) is 10.0. The molecule has 0 bridgehead atoms. The van der Waals surface area contributed by atoms with Crippen molar-refractivity contribution in [1.82, 2.24) is 0 Å². The van der Waals surface area contributed by atoms with Crippen molar-refractivity contribution in [3.63, 3.8) is 0 Å². The van der Waals surface area contributed by atoms with E-state index in [1.807, 2.05) is 0 Å². The van der Waals surface area contributed by atoms with Crippen LogP contribution in [0, 0.1) is 0 Å². The Morgan fingerprint density at radius 2 is 0.909 bits per heavy atom. The van der Waals surface area contributed by atoms with Crippen molar-refractivity contribution in [3.8, 4) is 55.6 Å². The minimum Gasteiger partial charge on any atom is -0.309 e. The van der Waals surface area contributed by atoms with Crippen LogP contribution in [-0.4, -0.2) is 0 Å². The van der Waals surface area contributed by atoms with E-state index in [4.69, 9.17) is 0 Å². The molecule has 0 aliphatic heterocycles. The average Bonchev–Trinajstić information content (AvgIpc) is 3.61. The second kappa shape index (κ2) is 16.5. The van der Waals surface area contributed by atoms with Gasteiger partial charge in [0.05, 0.1) is 11.4 Å². The predicted octanol–water partition coefficient (Wildman–Crippen LogP) is 18.5. The highest BCUT2D eigenvalue weighted by molar-refractivity contribution is 6.04. The van der Waals surface area contributed by atoms with E-state index in [0.717, 1.165) is 17.1 Å². The Balaban J connectivity index is 1.01. The second-order valence-electron chi connectivity index (χ2n) is 19.0. The lowest BCUT2D eigenvalue weighted by Gasteiger charge is -2.31. The molecule has 0 heterocycles. The minimum absolute atomic E-state index is 0.101. The molecule has 0 atom stereocenters. The summed E-state index contributed by atoms with van der Waals surface area (Å²) in [6.07, 6.45) is 6.47. The normalized spacial score (nSPS) is 14.3. The average molecular weight is 848 g/mol. The zero-order chi connectivity index (χ0) is 44.2. The monoisotopic (exact) mass is 847 g/mol. The SMILES string of the molecule is CC1(C)c2ccccc2-c2ccc(-c3ccccc3N(c3ccc(-c4ccc(-c5cccc6ccccc56)cc4)cc3)c3ccccc3-c3cccc4cccc(C5CCCCC5)c34)cc21. The lowest BCUT2D eigenvalue weighted by molar-refractivity contribution is 0.445. The number of nitrogens with zero attached hydrogens (tertiary/aromatic N) is 1. The van der Waals surface area contributed by atoms with Crippen molar-refractivity contribution in [3.05, 3.63) is 235 Å². The van der Waals surface area contributed by atoms with Gasteiger partial charge in [-0.2, -0.15) is 0 Å². The number of anilines is 3. The second-order valence-corrected chi connectivity index (χ2v) is 19.0. The lowest BCUT2D eigenvalue weighted by Crippen LogP contribution is -2.15. The van der Waals surface area contributed by atoms with Gasteiger partial charge in [-0.15, -0.1) is 0 Å². The van der Waals surface area contributed by atoms with E-state index in [1.165, 1.54) is 126 Å². The van der Waals surface area contributed by atoms with Crippen molar-refractivity contribution < 1.29 is 0 Å². The Morgan fingerprint density at radius 3 is 1.68 bits per heavy atom. The summed E-state index contributed by atoms with van der Waals surface area (Å²) in [6.45, 7) is 4.75. The third kappa shape index (κ3) is 6.85.